The van der Waals surface area contributed by atoms with Crippen LogP contribution in [0.15, 0.2) is 30.5 Å². The number of hydrogen-bond donors (Lipinski definition) is 6. The van der Waals surface area contributed by atoms with Crippen LogP contribution in [0.3, 0.4) is 0 Å². The Morgan fingerprint density at radius 3 is 2.09 bits per heavy atom. The first-order valence-electron chi connectivity index (χ1n) is 13.0. The minimum absolute atomic E-state index is 0.0262. The number of rotatable bonds is 12. The zero-order valence-electron chi connectivity index (χ0n) is 23.4. The van der Waals surface area contributed by atoms with Gasteiger partial charge >= 0.3 is 46.1 Å². The van der Waals surface area contributed by atoms with Crippen molar-refractivity contribution < 1.29 is 58.1 Å². The van der Waals surface area contributed by atoms with Crippen LogP contribution in [0.4, 0.5) is 17.5 Å². The number of Topliss-reactive ketones (excluding diaryl/α,β-unsaturated/α-hetero) is 2. The summed E-state index contributed by atoms with van der Waals surface area (Å²) in [5, 5.41) is 29.4. The van der Waals surface area contributed by atoms with Gasteiger partial charge in [-0.15, -0.1) is 0 Å². The van der Waals surface area contributed by atoms with Crippen molar-refractivity contribution in [2.24, 2.45) is 11.3 Å². The third-order valence-corrected chi connectivity index (χ3v) is 6.83. The van der Waals surface area contributed by atoms with Gasteiger partial charge in [0.25, 0.3) is 0 Å². The van der Waals surface area contributed by atoms with Crippen molar-refractivity contribution in [3.8, 4) is 0 Å². The van der Waals surface area contributed by atoms with E-state index in [1.54, 1.807) is 49.2 Å². The van der Waals surface area contributed by atoms with E-state index >= 15 is 0 Å². The van der Waals surface area contributed by atoms with Crippen LogP contribution >= 0.6 is 9.42 Å². The van der Waals surface area contributed by atoms with Crippen molar-refractivity contribution in [1.29, 1.82) is 0 Å². The number of nitrogens with zero attached hydrogens (tertiary/aromatic N) is 4. The van der Waals surface area contributed by atoms with E-state index in [4.69, 9.17) is 21.7 Å². The number of halogens is 1. The van der Waals surface area contributed by atoms with Gasteiger partial charge in [0.05, 0.1) is 24.4 Å². The van der Waals surface area contributed by atoms with E-state index in [0.29, 0.717) is 35.4 Å². The van der Waals surface area contributed by atoms with E-state index in [0.717, 1.165) is 5.69 Å². The van der Waals surface area contributed by atoms with Crippen LogP contribution in [0.25, 0.3) is 11.2 Å². The molecule has 8 N–H and O–H groups in total. The van der Waals surface area contributed by atoms with Gasteiger partial charge < -0.3 is 36.9 Å². The number of carbonyl (C=O) groups is 5. The van der Waals surface area contributed by atoms with Crippen molar-refractivity contribution in [1.82, 2.24) is 19.9 Å². The molecule has 0 bridgehead atoms. The Morgan fingerprint density at radius 2 is 1.61 bits per heavy atom. The van der Waals surface area contributed by atoms with Gasteiger partial charge in [0.2, 0.25) is 5.95 Å². The number of carbonyl (C=O) groups excluding carboxylic acids is 2. The number of carboxylic acid groups (broad SMARTS) is 3. The second-order valence-electron chi connectivity index (χ2n) is 9.88. The number of ketones is 2. The summed E-state index contributed by atoms with van der Waals surface area (Å²) < 4.78 is 0. The molecule has 3 aromatic rings. The molecule has 1 aliphatic rings. The van der Waals surface area contributed by atoms with Crippen molar-refractivity contribution in [3.05, 3.63) is 41.7 Å². The van der Waals surface area contributed by atoms with Gasteiger partial charge in [-0.1, -0.05) is 0 Å². The maximum atomic E-state index is 12.5. The van der Waals surface area contributed by atoms with Crippen LogP contribution < -0.4 is 16.8 Å². The Kier molecular flexibility index (Phi) is 13.5. The molecule has 0 radical (unpaired) electrons. The zero-order chi connectivity index (χ0) is 33.0. The van der Waals surface area contributed by atoms with Crippen molar-refractivity contribution >= 4 is 67.5 Å². The van der Waals surface area contributed by atoms with Crippen molar-refractivity contribution in [2.45, 2.75) is 52.0 Å². The summed E-state index contributed by atoms with van der Waals surface area (Å²) in [6.45, 7) is 1.74. The van der Waals surface area contributed by atoms with Gasteiger partial charge in [0, 0.05) is 24.1 Å². The molecular formula is C27H31ClN7O8Pt+. The van der Waals surface area contributed by atoms with Crippen LogP contribution in [-0.4, -0.2) is 64.7 Å². The molecule has 1 atom stereocenters. The minimum atomic E-state index is -1.44. The zero-order valence-corrected chi connectivity index (χ0v) is 26.5. The van der Waals surface area contributed by atoms with E-state index in [2.05, 4.69) is 34.7 Å². The standard InChI is InChI=1S/C21H23N7O4.C6H8O4.ClH.Pt/c1-11(29)2-3-13(20(31)32)8-16(30)12-4-6-14(7-5-12)24-9-15-10-25-19-17(26-15)18(22)27-21(23)28-19;7-4(8)6(5(9)10)2-1-3-6;;/h4-7,10,13,24H,2-3,8-9H2,1H3,(H,31,32)(H4,22,23,25,27,28);1-3H2,(H,7,8)(H,9,10);1H;/q;;;+2/p-1. The molecule has 0 spiro atoms. The third-order valence-electron chi connectivity index (χ3n) is 6.83. The number of carboxylic acids is 3. The molecule has 2 aromatic heterocycles. The van der Waals surface area contributed by atoms with Crippen LogP contribution in [0.2, 0.25) is 0 Å². The Bertz CT molecular complexity index is 1500. The molecule has 17 heteroatoms. The van der Waals surface area contributed by atoms with Crippen LogP contribution in [0.5, 0.6) is 0 Å². The Morgan fingerprint density at radius 1 is 1.00 bits per heavy atom. The first kappa shape index (κ1) is 36.0. The Hall–Kier alpha value is -4.23. The summed E-state index contributed by atoms with van der Waals surface area (Å²) >= 11 is 1.61. The number of aromatic nitrogens is 4. The first-order chi connectivity index (χ1) is 20.8. The topological polar surface area (TPSA) is 262 Å². The Labute approximate surface area is 266 Å². The molecule has 44 heavy (non-hydrogen) atoms. The molecule has 0 amide bonds. The molecule has 1 aromatic carbocycles. The number of benzene rings is 1. The molecule has 15 nitrogen and oxygen atoms in total. The molecule has 2 heterocycles. The average Bonchev–Trinajstić information content (AvgIpc) is 2.94. The summed E-state index contributed by atoms with van der Waals surface area (Å²) in [6, 6.07) is 6.67. The molecule has 4 rings (SSSR count). The average molecular weight is 812 g/mol. The molecule has 1 unspecified atom stereocenters. The van der Waals surface area contributed by atoms with Crippen LogP contribution in [0, 0.1) is 11.3 Å². The summed E-state index contributed by atoms with van der Waals surface area (Å²) in [7, 11) is 4.61. The number of aliphatic carboxylic acids is 3. The molecule has 1 saturated carbocycles. The summed E-state index contributed by atoms with van der Waals surface area (Å²) in [4.78, 5) is 72.1. The predicted octanol–water partition coefficient (Wildman–Crippen LogP) is 2.85. The monoisotopic (exact) mass is 811 g/mol. The second kappa shape index (κ2) is 16.6. The van der Waals surface area contributed by atoms with E-state index < -0.39 is 29.2 Å². The van der Waals surface area contributed by atoms with Gasteiger partial charge in [-0.2, -0.15) is 9.97 Å². The first-order valence-corrected chi connectivity index (χ1v) is 15.9. The molecule has 1 fully saturated rings. The SMILES string of the molecule is CC(=O)CCC(CC(=O)c1ccc(NCc2cnc3nc(N)nc(N)c3n2)cc1)C(=O)O.O=C(O)C1(C(=O)O)CCC1.[Cl][Pt+]. The Balaban J connectivity index is 0.000000473. The molecular weight excluding hydrogens is 781 g/mol. The molecule has 0 saturated heterocycles. The molecule has 1 aliphatic carbocycles. The van der Waals surface area contributed by atoms with Gasteiger partial charge in [-0.25, -0.2) is 9.97 Å². The third kappa shape index (κ3) is 9.64. The summed E-state index contributed by atoms with van der Waals surface area (Å²) in [5.74, 6) is -4.59. The van der Waals surface area contributed by atoms with E-state index in [1.807, 2.05) is 0 Å². The van der Waals surface area contributed by atoms with Gasteiger partial charge in [-0.3, -0.25) is 19.2 Å². The fourth-order valence-corrected chi connectivity index (χ4v) is 4.12. The van der Waals surface area contributed by atoms with Gasteiger partial charge in [-0.05, 0) is 56.9 Å². The molecule has 238 valence electrons. The summed E-state index contributed by atoms with van der Waals surface area (Å²) in [6.07, 6.45) is 2.93. The molecule has 0 aliphatic heterocycles. The van der Waals surface area contributed by atoms with Crippen molar-refractivity contribution in [3.63, 3.8) is 0 Å². The quantitative estimate of drug-likeness (QED) is 0.114. The number of hydrogen-bond acceptors (Lipinski definition) is 12. The van der Waals surface area contributed by atoms with E-state index in [9.17, 15) is 29.1 Å². The summed E-state index contributed by atoms with van der Waals surface area (Å²) in [5.41, 5.74) is 12.3. The van der Waals surface area contributed by atoms with Crippen molar-refractivity contribution in [2.75, 3.05) is 16.8 Å². The fraction of sp³-hybridized carbons (Fsp3) is 0.370. The second-order valence-corrected chi connectivity index (χ2v) is 9.88. The number of nitrogen functional groups attached to an aromatic ring is 2. The van der Waals surface area contributed by atoms with E-state index in [1.165, 1.54) is 6.92 Å². The number of nitrogens with one attached hydrogen (secondary N) is 1. The predicted molar refractivity (Wildman–Crippen MR) is 155 cm³/mol. The number of anilines is 3. The normalized spacial score (nSPS) is 13.5. The van der Waals surface area contributed by atoms with Gasteiger partial charge in [0.15, 0.2) is 28.2 Å². The number of fused-ring (bicyclic) bond motifs is 1. The van der Waals surface area contributed by atoms with E-state index in [-0.39, 0.29) is 55.4 Å². The number of nitrogens with two attached hydrogens (primary N) is 2. The van der Waals surface area contributed by atoms with Gasteiger partial charge in [0.1, 0.15) is 5.78 Å². The van der Waals surface area contributed by atoms with Crippen LogP contribution in [0.1, 0.15) is 61.5 Å². The fourth-order valence-electron chi connectivity index (χ4n) is 4.12. The van der Waals surface area contributed by atoms with Crippen LogP contribution in [-0.2, 0) is 44.5 Å². The maximum absolute atomic E-state index is 12.5.